The minimum absolute atomic E-state index is 0.293. The Morgan fingerprint density at radius 3 is 2.37 bits per heavy atom. The summed E-state index contributed by atoms with van der Waals surface area (Å²) >= 11 is 0. The lowest BCUT2D eigenvalue weighted by Gasteiger charge is -2.29. The lowest BCUT2D eigenvalue weighted by atomic mass is 9.91. The molecule has 0 spiro atoms. The molecule has 0 saturated carbocycles. The van der Waals surface area contributed by atoms with Gasteiger partial charge >= 0.3 is 0 Å². The second kappa shape index (κ2) is 7.55. The first-order valence-electron chi connectivity index (χ1n) is 9.18. The minimum atomic E-state index is -0.299. The molecule has 4 heteroatoms. The van der Waals surface area contributed by atoms with E-state index >= 15 is 0 Å². The van der Waals surface area contributed by atoms with Crippen molar-refractivity contribution in [3.8, 4) is 23.0 Å². The molecular formula is C23H28O4. The van der Waals surface area contributed by atoms with Gasteiger partial charge in [0.05, 0.1) is 26.9 Å². The van der Waals surface area contributed by atoms with E-state index in [9.17, 15) is 0 Å². The first kappa shape index (κ1) is 19.2. The fourth-order valence-corrected chi connectivity index (χ4v) is 3.48. The highest BCUT2D eigenvalue weighted by Crippen LogP contribution is 2.41. The molecular weight excluding hydrogens is 340 g/mol. The molecule has 1 heterocycles. The summed E-state index contributed by atoms with van der Waals surface area (Å²) in [7, 11) is 5.02. The van der Waals surface area contributed by atoms with Gasteiger partial charge in [-0.2, -0.15) is 0 Å². The van der Waals surface area contributed by atoms with Crippen LogP contribution >= 0.6 is 0 Å². The average Bonchev–Trinajstić information content (AvgIpc) is 2.66. The third-order valence-electron chi connectivity index (χ3n) is 4.97. The zero-order chi connectivity index (χ0) is 19.6. The predicted molar refractivity (Wildman–Crippen MR) is 108 cm³/mol. The summed E-state index contributed by atoms with van der Waals surface area (Å²) in [6.07, 6.45) is 5.02. The molecule has 3 rings (SSSR count). The summed E-state index contributed by atoms with van der Waals surface area (Å²) in [6, 6.07) is 10.2. The average molecular weight is 368 g/mol. The molecule has 0 N–H and O–H groups in total. The quantitative estimate of drug-likeness (QED) is 0.698. The molecule has 2 aromatic carbocycles. The van der Waals surface area contributed by atoms with Crippen LogP contribution in [0.1, 0.15) is 43.4 Å². The number of benzene rings is 2. The van der Waals surface area contributed by atoms with Gasteiger partial charge in [0, 0.05) is 0 Å². The minimum Gasteiger partial charge on any atom is -0.496 e. The second-order valence-corrected chi connectivity index (χ2v) is 7.43. The number of hydrogen-bond donors (Lipinski definition) is 0. The van der Waals surface area contributed by atoms with Crippen LogP contribution in [0.3, 0.4) is 0 Å². The Hall–Kier alpha value is -2.62. The van der Waals surface area contributed by atoms with Gasteiger partial charge in [-0.05, 0) is 67.7 Å². The summed E-state index contributed by atoms with van der Waals surface area (Å²) in [5, 5.41) is 0. The lowest BCUT2D eigenvalue weighted by molar-refractivity contribution is 0.158. The van der Waals surface area contributed by atoms with Crippen LogP contribution in [0.15, 0.2) is 36.4 Å². The number of ether oxygens (including phenoxy) is 4. The lowest BCUT2D eigenvalue weighted by Crippen LogP contribution is -2.27. The molecule has 0 fully saturated rings. The van der Waals surface area contributed by atoms with Crippen molar-refractivity contribution in [1.29, 1.82) is 0 Å². The summed E-state index contributed by atoms with van der Waals surface area (Å²) in [4.78, 5) is 0. The maximum atomic E-state index is 6.06. The summed E-state index contributed by atoms with van der Waals surface area (Å²) in [6.45, 7) is 6.30. The third kappa shape index (κ3) is 3.90. The number of fused-ring (bicyclic) bond motifs is 1. The molecule has 0 radical (unpaired) electrons. The van der Waals surface area contributed by atoms with Gasteiger partial charge in [0.1, 0.15) is 17.1 Å². The first-order valence-corrected chi connectivity index (χ1v) is 9.18. The van der Waals surface area contributed by atoms with Crippen molar-refractivity contribution in [3.63, 3.8) is 0 Å². The molecule has 4 nitrogen and oxygen atoms in total. The van der Waals surface area contributed by atoms with Crippen LogP contribution in [-0.2, 0) is 6.42 Å². The Kier molecular flexibility index (Phi) is 5.36. The van der Waals surface area contributed by atoms with E-state index in [1.54, 1.807) is 21.3 Å². The predicted octanol–water partition coefficient (Wildman–Crippen LogP) is 5.24. The van der Waals surface area contributed by atoms with Gasteiger partial charge in [0.2, 0.25) is 0 Å². The summed E-state index contributed by atoms with van der Waals surface area (Å²) in [5.41, 5.74) is 3.06. The fraction of sp³-hybridized carbons (Fsp3) is 0.391. The van der Waals surface area contributed by atoms with Gasteiger partial charge in [-0.3, -0.25) is 0 Å². The van der Waals surface area contributed by atoms with Crippen molar-refractivity contribution >= 4 is 6.08 Å². The van der Waals surface area contributed by atoms with Crippen LogP contribution in [0.25, 0.3) is 6.08 Å². The standard InChI is InChI=1S/C23H28O4/c1-15(16-7-10-20(24-4)21(14-16)25-5)13-17-8-9-19-18(22(17)26-6)11-12-23(2,3)27-19/h7-12,14-15H,13H2,1-6H3/t15-/m0/s1. The molecule has 0 aromatic heterocycles. The highest BCUT2D eigenvalue weighted by Gasteiger charge is 2.25. The van der Waals surface area contributed by atoms with Gasteiger partial charge in [-0.25, -0.2) is 0 Å². The van der Waals surface area contributed by atoms with Gasteiger partial charge in [-0.15, -0.1) is 0 Å². The van der Waals surface area contributed by atoms with Gasteiger partial charge in [-0.1, -0.05) is 19.1 Å². The Morgan fingerprint density at radius 1 is 0.963 bits per heavy atom. The van der Waals surface area contributed by atoms with E-state index in [0.717, 1.165) is 40.5 Å². The van der Waals surface area contributed by atoms with E-state index in [4.69, 9.17) is 18.9 Å². The highest BCUT2D eigenvalue weighted by atomic mass is 16.5. The normalized spacial score (nSPS) is 15.5. The molecule has 0 unspecified atom stereocenters. The molecule has 144 valence electrons. The zero-order valence-corrected chi connectivity index (χ0v) is 17.0. The van der Waals surface area contributed by atoms with Crippen molar-refractivity contribution in [2.75, 3.05) is 21.3 Å². The number of rotatable bonds is 6. The van der Waals surface area contributed by atoms with Crippen molar-refractivity contribution in [2.24, 2.45) is 0 Å². The summed E-state index contributed by atoms with van der Waals surface area (Å²) < 4.78 is 22.6. The molecule has 1 aliphatic heterocycles. The molecule has 1 aliphatic rings. The molecule has 1 atom stereocenters. The number of hydrogen-bond acceptors (Lipinski definition) is 4. The van der Waals surface area contributed by atoms with E-state index in [1.165, 1.54) is 5.56 Å². The van der Waals surface area contributed by atoms with Crippen molar-refractivity contribution in [2.45, 2.75) is 38.7 Å². The van der Waals surface area contributed by atoms with E-state index in [1.807, 2.05) is 32.0 Å². The second-order valence-electron chi connectivity index (χ2n) is 7.43. The van der Waals surface area contributed by atoms with Crippen LogP contribution in [0.4, 0.5) is 0 Å². The van der Waals surface area contributed by atoms with Gasteiger partial charge < -0.3 is 18.9 Å². The zero-order valence-electron chi connectivity index (χ0n) is 17.0. The first-order chi connectivity index (χ1) is 12.9. The molecule has 27 heavy (non-hydrogen) atoms. The van der Waals surface area contributed by atoms with Crippen LogP contribution in [-0.4, -0.2) is 26.9 Å². The Bertz CT molecular complexity index is 852. The number of methoxy groups -OCH3 is 3. The van der Waals surface area contributed by atoms with Crippen molar-refractivity contribution in [1.82, 2.24) is 0 Å². The highest BCUT2D eigenvalue weighted by molar-refractivity contribution is 5.69. The molecule has 0 bridgehead atoms. The molecule has 0 amide bonds. The van der Waals surface area contributed by atoms with Crippen LogP contribution in [0, 0.1) is 0 Å². The topological polar surface area (TPSA) is 36.9 Å². The fourth-order valence-electron chi connectivity index (χ4n) is 3.48. The van der Waals surface area contributed by atoms with Crippen molar-refractivity contribution in [3.05, 3.63) is 53.1 Å². The van der Waals surface area contributed by atoms with Crippen LogP contribution in [0.5, 0.6) is 23.0 Å². The van der Waals surface area contributed by atoms with E-state index < -0.39 is 0 Å². The Morgan fingerprint density at radius 2 is 1.70 bits per heavy atom. The smallest absolute Gasteiger partial charge is 0.160 e. The Labute approximate surface area is 161 Å². The maximum absolute atomic E-state index is 6.06. The maximum Gasteiger partial charge on any atom is 0.160 e. The van der Waals surface area contributed by atoms with Crippen LogP contribution < -0.4 is 18.9 Å². The van der Waals surface area contributed by atoms with E-state index in [-0.39, 0.29) is 5.60 Å². The third-order valence-corrected chi connectivity index (χ3v) is 4.97. The van der Waals surface area contributed by atoms with Crippen LogP contribution in [0.2, 0.25) is 0 Å². The summed E-state index contributed by atoms with van der Waals surface area (Å²) in [5.74, 6) is 3.53. The molecule has 0 aliphatic carbocycles. The van der Waals surface area contributed by atoms with Gasteiger partial charge in [0.25, 0.3) is 0 Å². The molecule has 2 aromatic rings. The van der Waals surface area contributed by atoms with Gasteiger partial charge in [0.15, 0.2) is 11.5 Å². The van der Waals surface area contributed by atoms with E-state index in [2.05, 4.69) is 31.2 Å². The molecule has 0 saturated heterocycles. The monoisotopic (exact) mass is 368 g/mol. The van der Waals surface area contributed by atoms with E-state index in [0.29, 0.717) is 5.92 Å². The SMILES string of the molecule is COc1ccc([C@@H](C)Cc2ccc3c(c2OC)C=CC(C)(C)O3)cc1OC. The Balaban J connectivity index is 1.90. The largest absolute Gasteiger partial charge is 0.496 e. The van der Waals surface area contributed by atoms with Crippen molar-refractivity contribution < 1.29 is 18.9 Å².